The zero-order chi connectivity index (χ0) is 18.6. The van der Waals surface area contributed by atoms with Crippen molar-refractivity contribution in [3.05, 3.63) is 47.9 Å². The summed E-state index contributed by atoms with van der Waals surface area (Å²) in [4.78, 5) is 24.7. The molecule has 0 spiro atoms. The van der Waals surface area contributed by atoms with E-state index in [2.05, 4.69) is 27.2 Å². The highest BCUT2D eigenvalue weighted by Gasteiger charge is 2.15. The molecular formula is C21H24N4O2. The summed E-state index contributed by atoms with van der Waals surface area (Å²) >= 11 is 0. The summed E-state index contributed by atoms with van der Waals surface area (Å²) in [5.41, 5.74) is 4.19. The number of hydrogen-bond acceptors (Lipinski definition) is 4. The quantitative estimate of drug-likeness (QED) is 0.726. The van der Waals surface area contributed by atoms with Crippen molar-refractivity contribution < 1.29 is 9.53 Å². The molecule has 6 nitrogen and oxygen atoms in total. The number of aromatic nitrogens is 3. The number of amides is 1. The Hall–Kier alpha value is -2.73. The molecule has 4 rings (SSSR count). The first-order valence-corrected chi connectivity index (χ1v) is 9.58. The van der Waals surface area contributed by atoms with E-state index in [-0.39, 0.29) is 12.0 Å². The fourth-order valence-electron chi connectivity index (χ4n) is 3.39. The number of fused-ring (bicyclic) bond motifs is 1. The van der Waals surface area contributed by atoms with Gasteiger partial charge >= 0.3 is 0 Å². The van der Waals surface area contributed by atoms with Gasteiger partial charge in [0, 0.05) is 36.9 Å². The summed E-state index contributed by atoms with van der Waals surface area (Å²) in [6.45, 7) is 3.41. The molecule has 1 saturated heterocycles. The third-order valence-electron chi connectivity index (χ3n) is 4.94. The number of hydrogen-bond donors (Lipinski definition) is 2. The Morgan fingerprint density at radius 3 is 3.04 bits per heavy atom. The van der Waals surface area contributed by atoms with Gasteiger partial charge in [0.15, 0.2) is 5.65 Å². The summed E-state index contributed by atoms with van der Waals surface area (Å²) in [5.74, 6) is 0.850. The maximum atomic E-state index is 12.5. The standard InChI is InChI=1S/C21H24N4O2/c1-2-19-24-18-11-16(12-22-20(18)25-19)14-6-5-7-15(10-14)21(26)23-13-17-8-3-4-9-27-17/h5-7,10-12,17H,2-4,8-9,13H2,1H3,(H,23,26)(H,22,24,25)/t17-/m0/s1. The lowest BCUT2D eigenvalue weighted by atomic mass is 10.0. The SMILES string of the molecule is CCc1nc2ncc(-c3cccc(C(=O)NC[C@@H]4CCCCO4)c3)cc2[nH]1. The minimum atomic E-state index is -0.0742. The normalized spacial score (nSPS) is 17.1. The van der Waals surface area contributed by atoms with Crippen LogP contribution in [0.15, 0.2) is 36.5 Å². The van der Waals surface area contributed by atoms with Gasteiger partial charge in [0.1, 0.15) is 5.82 Å². The second-order valence-corrected chi connectivity index (χ2v) is 6.91. The van der Waals surface area contributed by atoms with E-state index in [1.807, 2.05) is 30.3 Å². The Morgan fingerprint density at radius 1 is 1.30 bits per heavy atom. The Balaban J connectivity index is 1.50. The molecule has 6 heteroatoms. The van der Waals surface area contributed by atoms with Crippen molar-refractivity contribution in [2.24, 2.45) is 0 Å². The minimum absolute atomic E-state index is 0.0742. The molecule has 1 atom stereocenters. The molecule has 0 aliphatic carbocycles. The van der Waals surface area contributed by atoms with Crippen LogP contribution in [0.1, 0.15) is 42.4 Å². The number of carbonyl (C=O) groups excluding carboxylic acids is 1. The summed E-state index contributed by atoms with van der Waals surface area (Å²) in [6, 6.07) is 9.65. The molecule has 3 aromatic rings. The van der Waals surface area contributed by atoms with Crippen molar-refractivity contribution in [3.8, 4) is 11.1 Å². The number of aromatic amines is 1. The van der Waals surface area contributed by atoms with Gasteiger partial charge < -0.3 is 15.0 Å². The third-order valence-corrected chi connectivity index (χ3v) is 4.94. The maximum Gasteiger partial charge on any atom is 0.251 e. The highest BCUT2D eigenvalue weighted by atomic mass is 16.5. The van der Waals surface area contributed by atoms with Crippen molar-refractivity contribution in [1.29, 1.82) is 0 Å². The zero-order valence-corrected chi connectivity index (χ0v) is 15.5. The fraction of sp³-hybridized carbons (Fsp3) is 0.381. The number of ether oxygens (including phenoxy) is 1. The first kappa shape index (κ1) is 17.7. The molecule has 1 fully saturated rings. The van der Waals surface area contributed by atoms with Crippen LogP contribution in [-0.4, -0.2) is 40.1 Å². The van der Waals surface area contributed by atoms with Crippen LogP contribution < -0.4 is 5.32 Å². The molecule has 3 heterocycles. The molecule has 2 N–H and O–H groups in total. The van der Waals surface area contributed by atoms with Crippen LogP contribution in [0.3, 0.4) is 0 Å². The first-order valence-electron chi connectivity index (χ1n) is 9.58. The highest BCUT2D eigenvalue weighted by molar-refractivity contribution is 5.95. The summed E-state index contributed by atoms with van der Waals surface area (Å²) in [7, 11) is 0. The van der Waals surface area contributed by atoms with Gasteiger partial charge in [0.2, 0.25) is 0 Å². The van der Waals surface area contributed by atoms with Crippen molar-refractivity contribution >= 4 is 17.1 Å². The molecule has 1 aliphatic rings. The van der Waals surface area contributed by atoms with Crippen LogP contribution in [0.4, 0.5) is 0 Å². The van der Waals surface area contributed by atoms with E-state index >= 15 is 0 Å². The van der Waals surface area contributed by atoms with Crippen LogP contribution in [0.5, 0.6) is 0 Å². The number of nitrogens with zero attached hydrogens (tertiary/aromatic N) is 2. The maximum absolute atomic E-state index is 12.5. The fourth-order valence-corrected chi connectivity index (χ4v) is 3.39. The van der Waals surface area contributed by atoms with Crippen molar-refractivity contribution in [3.63, 3.8) is 0 Å². The molecule has 0 bridgehead atoms. The second kappa shape index (κ2) is 7.88. The van der Waals surface area contributed by atoms with Gasteiger partial charge in [-0.25, -0.2) is 9.97 Å². The number of nitrogens with one attached hydrogen (secondary N) is 2. The van der Waals surface area contributed by atoms with Crippen LogP contribution in [0, 0.1) is 0 Å². The third kappa shape index (κ3) is 4.01. The Bertz CT molecular complexity index is 944. The van der Waals surface area contributed by atoms with E-state index in [1.54, 1.807) is 6.20 Å². The van der Waals surface area contributed by atoms with Crippen molar-refractivity contribution in [1.82, 2.24) is 20.3 Å². The van der Waals surface area contributed by atoms with Crippen molar-refractivity contribution in [2.75, 3.05) is 13.2 Å². The average Bonchev–Trinajstić information content (AvgIpc) is 3.15. The van der Waals surface area contributed by atoms with Crippen LogP contribution >= 0.6 is 0 Å². The molecule has 140 valence electrons. The Kier molecular flexibility index (Phi) is 5.16. The smallest absolute Gasteiger partial charge is 0.251 e. The monoisotopic (exact) mass is 364 g/mol. The lowest BCUT2D eigenvalue weighted by molar-refractivity contribution is 0.0169. The summed E-state index contributed by atoms with van der Waals surface area (Å²) < 4.78 is 5.68. The van der Waals surface area contributed by atoms with Crippen LogP contribution in [-0.2, 0) is 11.2 Å². The first-order chi connectivity index (χ1) is 13.2. The molecule has 0 radical (unpaired) electrons. The van der Waals surface area contributed by atoms with E-state index < -0.39 is 0 Å². The largest absolute Gasteiger partial charge is 0.376 e. The van der Waals surface area contributed by atoms with Gasteiger partial charge in [0.05, 0.1) is 11.6 Å². The minimum Gasteiger partial charge on any atom is -0.376 e. The second-order valence-electron chi connectivity index (χ2n) is 6.91. The van der Waals surface area contributed by atoms with E-state index in [0.29, 0.717) is 12.1 Å². The zero-order valence-electron chi connectivity index (χ0n) is 15.5. The van der Waals surface area contributed by atoms with Gasteiger partial charge in [-0.2, -0.15) is 0 Å². The highest BCUT2D eigenvalue weighted by Crippen LogP contribution is 2.23. The van der Waals surface area contributed by atoms with E-state index in [1.165, 1.54) is 6.42 Å². The molecule has 1 aromatic carbocycles. The lowest BCUT2D eigenvalue weighted by Crippen LogP contribution is -2.35. The van der Waals surface area contributed by atoms with Gasteiger partial charge in [-0.1, -0.05) is 19.1 Å². The Morgan fingerprint density at radius 2 is 2.22 bits per heavy atom. The summed E-state index contributed by atoms with van der Waals surface area (Å²) in [6.07, 6.45) is 6.06. The Labute approximate surface area is 158 Å². The molecule has 1 aliphatic heterocycles. The molecule has 0 saturated carbocycles. The number of H-pyrrole nitrogens is 1. The number of pyridine rings is 1. The molecule has 1 amide bonds. The molecule has 27 heavy (non-hydrogen) atoms. The number of rotatable bonds is 5. The predicted molar refractivity (Wildman–Crippen MR) is 105 cm³/mol. The molecule has 0 unspecified atom stereocenters. The van der Waals surface area contributed by atoms with Crippen LogP contribution in [0.2, 0.25) is 0 Å². The van der Waals surface area contributed by atoms with E-state index in [0.717, 1.165) is 54.0 Å². The lowest BCUT2D eigenvalue weighted by Gasteiger charge is -2.22. The van der Waals surface area contributed by atoms with Crippen LogP contribution in [0.25, 0.3) is 22.3 Å². The number of carbonyl (C=O) groups is 1. The number of imidazole rings is 1. The van der Waals surface area contributed by atoms with Gasteiger partial charge in [0.25, 0.3) is 5.91 Å². The molecule has 2 aromatic heterocycles. The average molecular weight is 364 g/mol. The van der Waals surface area contributed by atoms with Gasteiger partial charge in [-0.3, -0.25) is 4.79 Å². The van der Waals surface area contributed by atoms with Gasteiger partial charge in [-0.15, -0.1) is 0 Å². The summed E-state index contributed by atoms with van der Waals surface area (Å²) in [5, 5.41) is 2.99. The number of benzene rings is 1. The topological polar surface area (TPSA) is 79.9 Å². The number of aryl methyl sites for hydroxylation is 1. The van der Waals surface area contributed by atoms with E-state index in [9.17, 15) is 4.79 Å². The van der Waals surface area contributed by atoms with Gasteiger partial charge in [-0.05, 0) is 43.0 Å². The van der Waals surface area contributed by atoms with Crippen molar-refractivity contribution in [2.45, 2.75) is 38.7 Å². The predicted octanol–water partition coefficient (Wildman–Crippen LogP) is 3.49. The van der Waals surface area contributed by atoms with E-state index in [4.69, 9.17) is 4.74 Å². The molecular weight excluding hydrogens is 340 g/mol.